The number of nitriles is 1. The van der Waals surface area contributed by atoms with Crippen LogP contribution in [0.1, 0.15) is 102 Å². The molecule has 0 spiro atoms. The molecule has 0 aliphatic carbocycles. The molecule has 0 aromatic heterocycles. The predicted octanol–water partition coefficient (Wildman–Crippen LogP) is 5.45. The average molecular weight is 553 g/mol. The Morgan fingerprint density at radius 1 is 1.03 bits per heavy atom. The van der Waals surface area contributed by atoms with Gasteiger partial charge >= 0.3 is 5.97 Å². The molecule has 0 aromatic rings. The van der Waals surface area contributed by atoms with Crippen LogP contribution in [0.3, 0.4) is 0 Å². The molecule has 0 aromatic carbocycles. The van der Waals surface area contributed by atoms with Crippen molar-refractivity contribution in [3.8, 4) is 6.26 Å². The lowest BCUT2D eigenvalue weighted by atomic mass is 9.86. The lowest BCUT2D eigenvalue weighted by molar-refractivity contribution is -0.157. The van der Waals surface area contributed by atoms with Gasteiger partial charge in [0.15, 0.2) is 0 Å². The number of hydrogen-bond acceptors (Lipinski definition) is 8. The summed E-state index contributed by atoms with van der Waals surface area (Å²) in [6, 6.07) is -0.381. The fourth-order valence-corrected chi connectivity index (χ4v) is 3.47. The zero-order chi connectivity index (χ0) is 30.8. The molecular weight excluding hydrogens is 491 g/mol. The fourth-order valence-electron chi connectivity index (χ4n) is 3.47. The van der Waals surface area contributed by atoms with Gasteiger partial charge in [0, 0.05) is 19.0 Å². The number of ether oxygens (including phenoxy) is 2. The first-order valence-electron chi connectivity index (χ1n) is 13.9. The standard InChI is InChI=1S/C19H32N2O6.4C2H6.CH5P/c1-12-8-19(4,27-11-20)7-6-15(22)13(2)18(25)26-10-16(23)17(24)14(3)21(5)9-12;5*1-2/h12-14,16-17,23-24H,6-10H2,1-5H3;4*1-2H3;2H2,1H3/t12-,13?,14?,16?,17?,19+;;;;;/m1...../s1. The van der Waals surface area contributed by atoms with Crippen LogP contribution < -0.4 is 0 Å². The third kappa shape index (κ3) is 20.4. The van der Waals surface area contributed by atoms with Crippen LogP contribution in [-0.4, -0.2) is 77.6 Å². The number of aliphatic hydroxyl groups is 2. The minimum atomic E-state index is -1.25. The molecule has 0 saturated carbocycles. The van der Waals surface area contributed by atoms with E-state index in [1.807, 2.05) is 80.9 Å². The Morgan fingerprint density at radius 3 is 1.92 bits per heavy atom. The summed E-state index contributed by atoms with van der Waals surface area (Å²) in [5, 5.41) is 29.5. The van der Waals surface area contributed by atoms with Crippen LogP contribution in [0.25, 0.3) is 0 Å². The van der Waals surface area contributed by atoms with Gasteiger partial charge in [-0.1, -0.05) is 69.0 Å². The SMILES string of the molecule is CC.CC.CC.CC.CC1C(=O)CC[C@](C)(OC#N)C[C@@H](C)CN(C)C(C)C(O)C(O)COC1=O.CP. The van der Waals surface area contributed by atoms with Crippen LogP contribution in [0.4, 0.5) is 0 Å². The van der Waals surface area contributed by atoms with Gasteiger partial charge in [-0.2, -0.15) is 5.26 Å². The molecule has 0 radical (unpaired) electrons. The van der Waals surface area contributed by atoms with Crippen molar-refractivity contribution in [2.45, 2.75) is 126 Å². The van der Waals surface area contributed by atoms with E-state index in [4.69, 9.17) is 14.7 Å². The molecule has 8 nitrogen and oxygen atoms in total. The smallest absolute Gasteiger partial charge is 0.316 e. The Labute approximate surface area is 231 Å². The highest BCUT2D eigenvalue weighted by atomic mass is 31.0. The number of carbonyl (C=O) groups is 2. The lowest BCUT2D eigenvalue weighted by Crippen LogP contribution is -2.48. The third-order valence-electron chi connectivity index (χ3n) is 5.39. The summed E-state index contributed by atoms with van der Waals surface area (Å²) in [4.78, 5) is 26.3. The van der Waals surface area contributed by atoms with Crippen molar-refractivity contribution in [2.75, 3.05) is 26.9 Å². The zero-order valence-corrected chi connectivity index (χ0v) is 27.6. The number of Topliss-reactive ketones (excluding diaryl/α,β-unsaturated/α-hetero) is 1. The summed E-state index contributed by atoms with van der Waals surface area (Å²) in [5.41, 5.74) is -0.824. The monoisotopic (exact) mass is 552 g/mol. The van der Waals surface area contributed by atoms with E-state index in [0.29, 0.717) is 19.4 Å². The summed E-state index contributed by atoms with van der Waals surface area (Å²) in [7, 11) is 4.25. The highest BCUT2D eigenvalue weighted by molar-refractivity contribution is 7.15. The van der Waals surface area contributed by atoms with Crippen LogP contribution in [0.2, 0.25) is 0 Å². The number of esters is 1. The second-order valence-electron chi connectivity index (χ2n) is 8.01. The number of nitrogens with zero attached hydrogens (tertiary/aromatic N) is 2. The average Bonchev–Trinajstić information content (AvgIpc) is 2.93. The second-order valence-corrected chi connectivity index (χ2v) is 8.01. The van der Waals surface area contributed by atoms with Gasteiger partial charge in [0.25, 0.3) is 6.26 Å². The van der Waals surface area contributed by atoms with Gasteiger partial charge in [-0.15, -0.1) is 9.24 Å². The molecular formula is C28H61N2O6P. The van der Waals surface area contributed by atoms with Gasteiger partial charge < -0.3 is 24.6 Å². The van der Waals surface area contributed by atoms with Gasteiger partial charge in [0.1, 0.15) is 30.0 Å². The van der Waals surface area contributed by atoms with E-state index in [-0.39, 0.29) is 30.8 Å². The molecule has 37 heavy (non-hydrogen) atoms. The van der Waals surface area contributed by atoms with Crippen LogP contribution in [-0.2, 0) is 19.1 Å². The summed E-state index contributed by atoms with van der Waals surface area (Å²) in [6.07, 6.45) is 0.278. The van der Waals surface area contributed by atoms with Gasteiger partial charge in [-0.05, 0) is 46.6 Å². The Bertz CT molecular complexity index is 573. The first kappa shape index (κ1) is 45.6. The first-order chi connectivity index (χ1) is 17.5. The van der Waals surface area contributed by atoms with Crippen molar-refractivity contribution in [3.63, 3.8) is 0 Å². The van der Waals surface area contributed by atoms with E-state index in [2.05, 4.69) is 9.24 Å². The maximum Gasteiger partial charge on any atom is 0.316 e. The van der Waals surface area contributed by atoms with Gasteiger partial charge in [0.2, 0.25) is 0 Å². The molecule has 1 aliphatic rings. The number of likely N-dealkylation sites (N-methyl/N-ethyl adjacent to an activating group) is 1. The van der Waals surface area contributed by atoms with Gasteiger partial charge in [-0.3, -0.25) is 9.59 Å². The molecule has 1 rings (SSSR count). The Hall–Kier alpha value is -1.26. The molecule has 1 heterocycles. The van der Waals surface area contributed by atoms with Crippen molar-refractivity contribution in [1.29, 1.82) is 5.26 Å². The Balaban J connectivity index is -0.000000303. The largest absolute Gasteiger partial charge is 0.462 e. The maximum absolute atomic E-state index is 12.3. The highest BCUT2D eigenvalue weighted by Gasteiger charge is 2.34. The van der Waals surface area contributed by atoms with Crippen molar-refractivity contribution >= 4 is 21.0 Å². The van der Waals surface area contributed by atoms with E-state index in [9.17, 15) is 19.8 Å². The molecule has 0 bridgehead atoms. The minimum Gasteiger partial charge on any atom is -0.462 e. The topological polar surface area (TPSA) is 120 Å². The van der Waals surface area contributed by atoms with Crippen molar-refractivity contribution < 1.29 is 29.3 Å². The molecule has 7 atom stereocenters. The van der Waals surface area contributed by atoms with Crippen LogP contribution in [0, 0.1) is 23.4 Å². The van der Waals surface area contributed by atoms with E-state index < -0.39 is 29.7 Å². The number of hydrogen-bond donors (Lipinski definition) is 2. The third-order valence-corrected chi connectivity index (χ3v) is 5.39. The molecule has 1 aliphatic heterocycles. The normalized spacial score (nSPS) is 28.7. The Morgan fingerprint density at radius 2 is 1.49 bits per heavy atom. The fraction of sp³-hybridized carbons (Fsp3) is 0.893. The van der Waals surface area contributed by atoms with Gasteiger partial charge in [0.05, 0.1) is 6.10 Å². The second kappa shape index (κ2) is 29.3. The Kier molecular flexibility index (Phi) is 36.1. The van der Waals surface area contributed by atoms with E-state index in [0.717, 1.165) is 0 Å². The van der Waals surface area contributed by atoms with Gasteiger partial charge in [-0.25, -0.2) is 0 Å². The predicted molar refractivity (Wildman–Crippen MR) is 158 cm³/mol. The number of carbonyl (C=O) groups excluding carboxylic acids is 2. The number of aliphatic hydroxyl groups excluding tert-OH is 2. The van der Waals surface area contributed by atoms with Crippen LogP contribution in [0.5, 0.6) is 0 Å². The maximum atomic E-state index is 12.3. The quantitative estimate of drug-likeness (QED) is 0.191. The van der Waals surface area contributed by atoms with Crippen LogP contribution in [0.15, 0.2) is 0 Å². The van der Waals surface area contributed by atoms with Crippen molar-refractivity contribution in [1.82, 2.24) is 4.90 Å². The highest BCUT2D eigenvalue weighted by Crippen LogP contribution is 2.28. The van der Waals surface area contributed by atoms with Crippen molar-refractivity contribution in [3.05, 3.63) is 0 Å². The summed E-state index contributed by atoms with van der Waals surface area (Å²) in [5.74, 6) is -1.92. The summed E-state index contributed by atoms with van der Waals surface area (Å²) < 4.78 is 10.3. The van der Waals surface area contributed by atoms with Crippen molar-refractivity contribution in [2.24, 2.45) is 11.8 Å². The molecule has 1 saturated heterocycles. The molecule has 1 fully saturated rings. The summed E-state index contributed by atoms with van der Waals surface area (Å²) >= 11 is 0. The molecule has 2 N–H and O–H groups in total. The van der Waals surface area contributed by atoms with E-state index in [1.165, 1.54) is 6.92 Å². The number of ketones is 1. The van der Waals surface area contributed by atoms with Crippen LogP contribution >= 0.6 is 9.24 Å². The molecule has 224 valence electrons. The molecule has 0 amide bonds. The number of cyclic esters (lactones) is 1. The number of rotatable bonds is 1. The van der Waals surface area contributed by atoms with E-state index >= 15 is 0 Å². The first-order valence-corrected chi connectivity index (χ1v) is 15.1. The zero-order valence-electron chi connectivity index (χ0n) is 26.4. The van der Waals surface area contributed by atoms with E-state index in [1.54, 1.807) is 20.1 Å². The molecule has 9 heteroatoms. The minimum absolute atomic E-state index is 0.0819. The molecule has 5 unspecified atom stereocenters. The lowest BCUT2D eigenvalue weighted by Gasteiger charge is -2.35. The summed E-state index contributed by atoms with van der Waals surface area (Å²) in [6.45, 7) is 25.1.